The molecule has 1 saturated heterocycles. The summed E-state index contributed by atoms with van der Waals surface area (Å²) in [6, 6.07) is 5.07. The Bertz CT molecular complexity index is 459. The van der Waals surface area contributed by atoms with Crippen molar-refractivity contribution >= 4 is 23.2 Å². The molecule has 0 spiro atoms. The molecule has 0 aromatic heterocycles. The number of carbonyl (C=O) groups excluding carboxylic acids is 1. The first kappa shape index (κ1) is 14.2. The highest BCUT2D eigenvalue weighted by atomic mass is 35.5. The average Bonchev–Trinajstić information content (AvgIpc) is 2.42. The van der Waals surface area contributed by atoms with Crippen molar-refractivity contribution in [2.24, 2.45) is 5.92 Å². The van der Waals surface area contributed by atoms with Gasteiger partial charge in [0.1, 0.15) is 0 Å². The minimum Gasteiger partial charge on any atom is -0.398 e. The quantitative estimate of drug-likeness (QED) is 0.837. The number of hydrogen-bond donors (Lipinski definition) is 2. The topological polar surface area (TPSA) is 64.4 Å². The van der Waals surface area contributed by atoms with Crippen molar-refractivity contribution in [2.75, 3.05) is 18.9 Å². The molecule has 3 N–H and O–H groups in total. The normalized spacial score (nSPS) is 18.0. The third-order valence-corrected chi connectivity index (χ3v) is 3.92. The Hall–Kier alpha value is -1.26. The highest BCUT2D eigenvalue weighted by molar-refractivity contribution is 6.33. The second-order valence-corrected chi connectivity index (χ2v) is 5.36. The van der Waals surface area contributed by atoms with Gasteiger partial charge in [0.25, 0.3) is 5.91 Å². The zero-order valence-electron chi connectivity index (χ0n) is 11.0. The summed E-state index contributed by atoms with van der Waals surface area (Å²) in [5.74, 6) is 0.364. The van der Waals surface area contributed by atoms with Crippen molar-refractivity contribution in [3.63, 3.8) is 0 Å². The molecule has 19 heavy (non-hydrogen) atoms. The molecule has 1 amide bonds. The van der Waals surface area contributed by atoms with Gasteiger partial charge in [0.2, 0.25) is 0 Å². The fourth-order valence-corrected chi connectivity index (χ4v) is 2.47. The maximum Gasteiger partial charge on any atom is 0.251 e. The van der Waals surface area contributed by atoms with Crippen LogP contribution in [0.1, 0.15) is 30.1 Å². The zero-order valence-corrected chi connectivity index (χ0v) is 11.7. The monoisotopic (exact) mass is 282 g/mol. The van der Waals surface area contributed by atoms with Crippen LogP contribution in [0, 0.1) is 5.92 Å². The zero-order chi connectivity index (χ0) is 13.8. The Kier molecular flexibility index (Phi) is 4.66. The molecule has 104 valence electrons. The third-order valence-electron chi connectivity index (χ3n) is 3.59. The maximum atomic E-state index is 12.1. The van der Waals surface area contributed by atoms with Crippen LogP contribution in [0.15, 0.2) is 18.2 Å². The molecule has 0 bridgehead atoms. The van der Waals surface area contributed by atoms with E-state index in [0.717, 1.165) is 26.1 Å². The first-order chi connectivity index (χ1) is 9.08. The number of nitrogens with two attached hydrogens (primary N) is 1. The summed E-state index contributed by atoms with van der Waals surface area (Å²) in [4.78, 5) is 12.1. The van der Waals surface area contributed by atoms with Gasteiger partial charge in [-0.05, 0) is 43.9 Å². The molecule has 0 aliphatic carbocycles. The van der Waals surface area contributed by atoms with Gasteiger partial charge in [0, 0.05) is 24.8 Å². The minimum atomic E-state index is -0.110. The van der Waals surface area contributed by atoms with Crippen LogP contribution >= 0.6 is 11.6 Å². The molecule has 0 saturated carbocycles. The van der Waals surface area contributed by atoms with E-state index in [1.54, 1.807) is 18.2 Å². The van der Waals surface area contributed by atoms with E-state index < -0.39 is 0 Å². The predicted molar refractivity (Wildman–Crippen MR) is 76.3 cm³/mol. The Morgan fingerprint density at radius 3 is 2.79 bits per heavy atom. The van der Waals surface area contributed by atoms with Crippen molar-refractivity contribution in [3.05, 3.63) is 28.8 Å². The molecular weight excluding hydrogens is 264 g/mol. The number of nitrogens with one attached hydrogen (secondary N) is 1. The summed E-state index contributed by atoms with van der Waals surface area (Å²) < 4.78 is 5.32. The number of carbonyl (C=O) groups is 1. The lowest BCUT2D eigenvalue weighted by atomic mass is 9.93. The van der Waals surface area contributed by atoms with Crippen molar-refractivity contribution in [1.82, 2.24) is 5.32 Å². The first-order valence-corrected chi connectivity index (χ1v) is 6.89. The number of rotatable bonds is 3. The minimum absolute atomic E-state index is 0.110. The SMILES string of the molecule is CC(NC(=O)c1ccc(N)c(Cl)c1)C1CCOCC1. The van der Waals surface area contributed by atoms with Crippen LogP contribution in [0.3, 0.4) is 0 Å². The lowest BCUT2D eigenvalue weighted by molar-refractivity contribution is 0.0538. The van der Waals surface area contributed by atoms with E-state index in [1.165, 1.54) is 0 Å². The Morgan fingerprint density at radius 1 is 1.47 bits per heavy atom. The van der Waals surface area contributed by atoms with Crippen molar-refractivity contribution in [3.8, 4) is 0 Å². The van der Waals surface area contributed by atoms with E-state index >= 15 is 0 Å². The van der Waals surface area contributed by atoms with Gasteiger partial charge in [-0.2, -0.15) is 0 Å². The van der Waals surface area contributed by atoms with Gasteiger partial charge in [-0.25, -0.2) is 0 Å². The van der Waals surface area contributed by atoms with Gasteiger partial charge < -0.3 is 15.8 Å². The van der Waals surface area contributed by atoms with Gasteiger partial charge in [-0.15, -0.1) is 0 Å². The molecule has 1 unspecified atom stereocenters. The number of benzene rings is 1. The molecule has 1 aliphatic rings. The maximum absolute atomic E-state index is 12.1. The molecule has 0 radical (unpaired) electrons. The molecule has 1 aromatic rings. The van der Waals surface area contributed by atoms with Crippen LogP contribution in [0.25, 0.3) is 0 Å². The molecule has 1 atom stereocenters. The summed E-state index contributed by atoms with van der Waals surface area (Å²) in [5.41, 5.74) is 6.65. The number of halogens is 1. The molecular formula is C14H19ClN2O2. The van der Waals surface area contributed by atoms with E-state index in [-0.39, 0.29) is 11.9 Å². The number of amides is 1. The molecule has 1 aliphatic heterocycles. The van der Waals surface area contributed by atoms with Crippen LogP contribution < -0.4 is 11.1 Å². The van der Waals surface area contributed by atoms with E-state index in [4.69, 9.17) is 22.1 Å². The van der Waals surface area contributed by atoms with Gasteiger partial charge in [-0.1, -0.05) is 11.6 Å². The van der Waals surface area contributed by atoms with Crippen LogP contribution in [0.4, 0.5) is 5.69 Å². The standard InChI is InChI=1S/C14H19ClN2O2/c1-9(10-4-6-19-7-5-10)17-14(18)11-2-3-13(16)12(15)8-11/h2-3,8-10H,4-7,16H2,1H3,(H,17,18). The van der Waals surface area contributed by atoms with Crippen molar-refractivity contribution in [2.45, 2.75) is 25.8 Å². The molecule has 5 heteroatoms. The average molecular weight is 283 g/mol. The molecule has 2 rings (SSSR count). The van der Waals surface area contributed by atoms with Crippen molar-refractivity contribution in [1.29, 1.82) is 0 Å². The molecule has 4 nitrogen and oxygen atoms in total. The van der Waals surface area contributed by atoms with Crippen LogP contribution in [-0.4, -0.2) is 25.2 Å². The molecule has 1 fully saturated rings. The van der Waals surface area contributed by atoms with E-state index in [0.29, 0.717) is 22.2 Å². The molecule has 1 heterocycles. The second kappa shape index (κ2) is 6.26. The van der Waals surface area contributed by atoms with Gasteiger partial charge in [-0.3, -0.25) is 4.79 Å². The summed E-state index contributed by atoms with van der Waals surface area (Å²) >= 11 is 5.92. The predicted octanol–water partition coefficient (Wildman–Crippen LogP) is 2.47. The highest BCUT2D eigenvalue weighted by Gasteiger charge is 2.22. The number of ether oxygens (including phenoxy) is 1. The highest BCUT2D eigenvalue weighted by Crippen LogP contribution is 2.21. The van der Waals surface area contributed by atoms with Crippen LogP contribution in [0.2, 0.25) is 5.02 Å². The first-order valence-electron chi connectivity index (χ1n) is 6.51. The summed E-state index contributed by atoms with van der Waals surface area (Å²) in [6.07, 6.45) is 1.98. The summed E-state index contributed by atoms with van der Waals surface area (Å²) in [7, 11) is 0. The lowest BCUT2D eigenvalue weighted by Crippen LogP contribution is -2.40. The fourth-order valence-electron chi connectivity index (χ4n) is 2.29. The van der Waals surface area contributed by atoms with Crippen molar-refractivity contribution < 1.29 is 9.53 Å². The number of hydrogen-bond acceptors (Lipinski definition) is 3. The van der Waals surface area contributed by atoms with Crippen LogP contribution in [-0.2, 0) is 4.74 Å². The van der Waals surface area contributed by atoms with Gasteiger partial charge >= 0.3 is 0 Å². The Balaban J connectivity index is 1.97. The lowest BCUT2D eigenvalue weighted by Gasteiger charge is -2.28. The summed E-state index contributed by atoms with van der Waals surface area (Å²) in [6.45, 7) is 3.59. The van der Waals surface area contributed by atoms with E-state index in [9.17, 15) is 4.79 Å². The third kappa shape index (κ3) is 3.61. The Morgan fingerprint density at radius 2 is 2.16 bits per heavy atom. The smallest absolute Gasteiger partial charge is 0.251 e. The van der Waals surface area contributed by atoms with Gasteiger partial charge in [0.15, 0.2) is 0 Å². The van der Waals surface area contributed by atoms with Gasteiger partial charge in [0.05, 0.1) is 10.7 Å². The fraction of sp³-hybridized carbons (Fsp3) is 0.500. The molecule has 1 aromatic carbocycles. The van der Waals surface area contributed by atoms with Crippen LogP contribution in [0.5, 0.6) is 0 Å². The largest absolute Gasteiger partial charge is 0.398 e. The second-order valence-electron chi connectivity index (χ2n) is 4.95. The van der Waals surface area contributed by atoms with E-state index in [2.05, 4.69) is 5.32 Å². The Labute approximate surface area is 118 Å². The summed E-state index contributed by atoms with van der Waals surface area (Å²) in [5, 5.41) is 3.43. The number of nitrogen functional groups attached to an aromatic ring is 1. The van der Waals surface area contributed by atoms with E-state index in [1.807, 2.05) is 6.92 Å². The number of anilines is 1.